The number of aromatic nitrogens is 1. The van der Waals surface area contributed by atoms with Gasteiger partial charge < -0.3 is 15.5 Å². The monoisotopic (exact) mass is 360 g/mol. The lowest BCUT2D eigenvalue weighted by atomic mass is 10.1. The summed E-state index contributed by atoms with van der Waals surface area (Å²) in [6, 6.07) is 17.5. The van der Waals surface area contributed by atoms with Crippen LogP contribution in [0.25, 0.3) is 0 Å². The molecule has 0 atom stereocenters. The third kappa shape index (κ3) is 4.64. The summed E-state index contributed by atoms with van der Waals surface area (Å²) in [5.41, 5.74) is 5.66. The molecule has 1 amide bonds. The molecule has 2 N–H and O–H groups in total. The highest BCUT2D eigenvalue weighted by molar-refractivity contribution is 6.04. The summed E-state index contributed by atoms with van der Waals surface area (Å²) < 4.78 is 0. The Hall–Kier alpha value is -3.34. The van der Waals surface area contributed by atoms with Crippen molar-refractivity contribution in [3.63, 3.8) is 0 Å². The van der Waals surface area contributed by atoms with Gasteiger partial charge in [0.2, 0.25) is 0 Å². The average Bonchev–Trinajstić information content (AvgIpc) is 2.66. The van der Waals surface area contributed by atoms with Gasteiger partial charge in [-0.05, 0) is 73.5 Å². The number of aryl methyl sites for hydroxylation is 2. The van der Waals surface area contributed by atoms with E-state index >= 15 is 0 Å². The van der Waals surface area contributed by atoms with Crippen molar-refractivity contribution in [3.8, 4) is 0 Å². The molecule has 0 spiro atoms. The van der Waals surface area contributed by atoms with Crippen LogP contribution in [-0.2, 0) is 0 Å². The first-order chi connectivity index (χ1) is 12.9. The van der Waals surface area contributed by atoms with E-state index in [0.29, 0.717) is 11.3 Å². The maximum atomic E-state index is 12.4. The zero-order valence-corrected chi connectivity index (χ0v) is 16.1. The first-order valence-electron chi connectivity index (χ1n) is 8.81. The van der Waals surface area contributed by atoms with E-state index in [9.17, 15) is 4.79 Å². The first-order valence-corrected chi connectivity index (χ1v) is 8.81. The number of rotatable bonds is 5. The fraction of sp³-hybridized carbons (Fsp3) is 0.182. The van der Waals surface area contributed by atoms with E-state index in [1.54, 1.807) is 6.20 Å². The van der Waals surface area contributed by atoms with Gasteiger partial charge in [-0.2, -0.15) is 0 Å². The van der Waals surface area contributed by atoms with Gasteiger partial charge in [-0.3, -0.25) is 4.79 Å². The molecule has 1 aromatic heterocycles. The average molecular weight is 360 g/mol. The Morgan fingerprint density at radius 1 is 0.889 bits per heavy atom. The van der Waals surface area contributed by atoms with E-state index < -0.39 is 0 Å². The summed E-state index contributed by atoms with van der Waals surface area (Å²) in [6.45, 7) is 4.03. The second kappa shape index (κ2) is 7.91. The molecule has 138 valence electrons. The SMILES string of the molecule is Cc1ccc(C(=O)Nc2ccc(Nc3ccc(N(C)C)cc3)nc2)cc1C. The minimum absolute atomic E-state index is 0.139. The quantitative estimate of drug-likeness (QED) is 0.689. The largest absolute Gasteiger partial charge is 0.378 e. The smallest absolute Gasteiger partial charge is 0.255 e. The molecule has 0 aliphatic heterocycles. The van der Waals surface area contributed by atoms with E-state index in [1.165, 1.54) is 5.56 Å². The van der Waals surface area contributed by atoms with Crippen LogP contribution in [0.5, 0.6) is 0 Å². The summed E-state index contributed by atoms with van der Waals surface area (Å²) in [6.07, 6.45) is 1.65. The molecule has 0 unspecified atom stereocenters. The maximum Gasteiger partial charge on any atom is 0.255 e. The molecule has 0 saturated heterocycles. The van der Waals surface area contributed by atoms with Crippen LogP contribution in [0.4, 0.5) is 22.9 Å². The van der Waals surface area contributed by atoms with Crippen LogP contribution in [0, 0.1) is 13.8 Å². The fourth-order valence-corrected chi connectivity index (χ4v) is 2.62. The Bertz CT molecular complexity index is 932. The molecule has 5 heteroatoms. The van der Waals surface area contributed by atoms with Gasteiger partial charge in [0, 0.05) is 31.0 Å². The van der Waals surface area contributed by atoms with Crippen LogP contribution in [-0.4, -0.2) is 25.0 Å². The van der Waals surface area contributed by atoms with E-state index in [2.05, 4.69) is 20.5 Å². The van der Waals surface area contributed by atoms with Crippen molar-refractivity contribution in [2.24, 2.45) is 0 Å². The van der Waals surface area contributed by atoms with Gasteiger partial charge in [-0.25, -0.2) is 4.98 Å². The molecule has 5 nitrogen and oxygen atoms in total. The van der Waals surface area contributed by atoms with Gasteiger partial charge in [0.25, 0.3) is 5.91 Å². The number of benzene rings is 2. The number of hydrogen-bond donors (Lipinski definition) is 2. The van der Waals surface area contributed by atoms with Gasteiger partial charge in [0.05, 0.1) is 11.9 Å². The second-order valence-corrected chi connectivity index (χ2v) is 6.75. The molecule has 0 aliphatic carbocycles. The van der Waals surface area contributed by atoms with Crippen LogP contribution in [0.3, 0.4) is 0 Å². The molecular formula is C22H24N4O. The number of anilines is 4. The van der Waals surface area contributed by atoms with Crippen molar-refractivity contribution in [1.82, 2.24) is 4.98 Å². The van der Waals surface area contributed by atoms with Crippen molar-refractivity contribution in [3.05, 3.63) is 77.5 Å². The summed E-state index contributed by atoms with van der Waals surface area (Å²) in [5.74, 6) is 0.580. The Kier molecular flexibility index (Phi) is 5.41. The normalized spacial score (nSPS) is 10.4. The first kappa shape index (κ1) is 18.5. The summed E-state index contributed by atoms with van der Waals surface area (Å²) in [4.78, 5) is 18.8. The van der Waals surface area contributed by atoms with E-state index in [4.69, 9.17) is 0 Å². The third-order valence-electron chi connectivity index (χ3n) is 4.45. The van der Waals surface area contributed by atoms with Crippen LogP contribution in [0.1, 0.15) is 21.5 Å². The van der Waals surface area contributed by atoms with Gasteiger partial charge in [-0.15, -0.1) is 0 Å². The second-order valence-electron chi connectivity index (χ2n) is 6.75. The molecule has 0 radical (unpaired) electrons. The van der Waals surface area contributed by atoms with E-state index in [1.807, 2.05) is 82.5 Å². The van der Waals surface area contributed by atoms with E-state index in [0.717, 1.165) is 22.8 Å². The zero-order valence-electron chi connectivity index (χ0n) is 16.1. The number of nitrogens with zero attached hydrogens (tertiary/aromatic N) is 2. The van der Waals surface area contributed by atoms with Crippen molar-refractivity contribution in [2.45, 2.75) is 13.8 Å². The fourth-order valence-electron chi connectivity index (χ4n) is 2.62. The standard InChI is InChI=1S/C22H24N4O/c1-15-5-6-17(13-16(15)2)22(27)25-19-9-12-21(23-14-19)24-18-7-10-20(11-8-18)26(3)4/h5-14H,1-4H3,(H,23,24)(H,25,27). The Labute approximate surface area is 160 Å². The minimum atomic E-state index is -0.139. The molecule has 3 rings (SSSR count). The molecular weight excluding hydrogens is 336 g/mol. The Morgan fingerprint density at radius 2 is 1.59 bits per heavy atom. The van der Waals surface area contributed by atoms with Crippen molar-refractivity contribution in [1.29, 1.82) is 0 Å². The zero-order chi connectivity index (χ0) is 19.4. The highest BCUT2D eigenvalue weighted by Gasteiger charge is 2.07. The van der Waals surface area contributed by atoms with Gasteiger partial charge in [0.15, 0.2) is 0 Å². The number of carbonyl (C=O) groups is 1. The van der Waals surface area contributed by atoms with Crippen LogP contribution >= 0.6 is 0 Å². The lowest BCUT2D eigenvalue weighted by Gasteiger charge is -2.13. The third-order valence-corrected chi connectivity index (χ3v) is 4.45. The predicted molar refractivity (Wildman–Crippen MR) is 112 cm³/mol. The molecule has 27 heavy (non-hydrogen) atoms. The molecule has 3 aromatic rings. The molecule has 0 fully saturated rings. The molecule has 2 aromatic carbocycles. The number of carbonyl (C=O) groups excluding carboxylic acids is 1. The minimum Gasteiger partial charge on any atom is -0.378 e. The maximum absolute atomic E-state index is 12.4. The van der Waals surface area contributed by atoms with Crippen molar-refractivity contribution in [2.75, 3.05) is 29.6 Å². The summed E-state index contributed by atoms with van der Waals surface area (Å²) >= 11 is 0. The van der Waals surface area contributed by atoms with Gasteiger partial charge in [0.1, 0.15) is 5.82 Å². The van der Waals surface area contributed by atoms with Gasteiger partial charge in [-0.1, -0.05) is 6.07 Å². The topological polar surface area (TPSA) is 57.3 Å². The van der Waals surface area contributed by atoms with E-state index in [-0.39, 0.29) is 5.91 Å². The molecule has 1 heterocycles. The lowest BCUT2D eigenvalue weighted by Crippen LogP contribution is -2.12. The highest BCUT2D eigenvalue weighted by Crippen LogP contribution is 2.20. The van der Waals surface area contributed by atoms with Crippen LogP contribution in [0.2, 0.25) is 0 Å². The molecule has 0 aliphatic rings. The highest BCUT2D eigenvalue weighted by atomic mass is 16.1. The number of hydrogen-bond acceptors (Lipinski definition) is 4. The number of nitrogens with one attached hydrogen (secondary N) is 2. The predicted octanol–water partition coefficient (Wildman–Crippen LogP) is 4.76. The Morgan fingerprint density at radius 3 is 2.19 bits per heavy atom. The summed E-state index contributed by atoms with van der Waals surface area (Å²) in [7, 11) is 4.02. The summed E-state index contributed by atoms with van der Waals surface area (Å²) in [5, 5.41) is 6.13. The van der Waals surface area contributed by atoms with Crippen molar-refractivity contribution < 1.29 is 4.79 Å². The van der Waals surface area contributed by atoms with Crippen molar-refractivity contribution >= 4 is 28.8 Å². The number of pyridine rings is 1. The lowest BCUT2D eigenvalue weighted by molar-refractivity contribution is 0.102. The van der Waals surface area contributed by atoms with Gasteiger partial charge >= 0.3 is 0 Å². The Balaban J connectivity index is 1.64. The molecule has 0 bridgehead atoms. The molecule has 0 saturated carbocycles. The van der Waals surface area contributed by atoms with Crippen LogP contribution in [0.15, 0.2) is 60.8 Å². The number of amides is 1. The van der Waals surface area contributed by atoms with Crippen LogP contribution < -0.4 is 15.5 Å².